The predicted octanol–water partition coefficient (Wildman–Crippen LogP) is 4.48. The first-order valence-electron chi connectivity index (χ1n) is 9.99. The fourth-order valence-electron chi connectivity index (χ4n) is 2.98. The van der Waals surface area contributed by atoms with Crippen LogP contribution in [-0.4, -0.2) is 39.8 Å². The number of aliphatic hydroxyl groups excluding tert-OH is 1. The monoisotopic (exact) mass is 383 g/mol. The molecule has 0 radical (unpaired) electrons. The number of rotatable bonds is 9. The first-order valence-corrected chi connectivity index (χ1v) is 9.99. The number of aromatic nitrogens is 3. The topological polar surface area (TPSA) is 83.0 Å². The van der Waals surface area contributed by atoms with Gasteiger partial charge < -0.3 is 15.7 Å². The van der Waals surface area contributed by atoms with Gasteiger partial charge in [-0.15, -0.1) is 0 Å². The van der Waals surface area contributed by atoms with Gasteiger partial charge in [-0.05, 0) is 43.4 Å². The molecule has 0 bridgehead atoms. The van der Waals surface area contributed by atoms with Gasteiger partial charge in [-0.1, -0.05) is 34.3 Å². The Morgan fingerprint density at radius 2 is 1.86 bits per heavy atom. The zero-order chi connectivity index (χ0) is 20.8. The van der Waals surface area contributed by atoms with Crippen molar-refractivity contribution >= 4 is 17.2 Å². The minimum Gasteiger partial charge on any atom is -0.394 e. The summed E-state index contributed by atoms with van der Waals surface area (Å²) in [7, 11) is 1.87. The maximum atomic E-state index is 9.57. The van der Waals surface area contributed by atoms with Crippen LogP contribution in [0.15, 0.2) is 18.7 Å². The Morgan fingerprint density at radius 3 is 2.36 bits per heavy atom. The molecule has 28 heavy (non-hydrogen) atoms. The summed E-state index contributed by atoms with van der Waals surface area (Å²) in [4.78, 5) is 14.6. The molecule has 2 aromatic heterocycles. The second-order valence-electron chi connectivity index (χ2n) is 7.32. The van der Waals surface area contributed by atoms with Crippen LogP contribution in [0.3, 0.4) is 0 Å². The third-order valence-electron chi connectivity index (χ3n) is 4.76. The number of hydrogen-bond donors (Lipinski definition) is 3. The molecule has 0 saturated heterocycles. The van der Waals surface area contributed by atoms with E-state index in [2.05, 4.69) is 44.1 Å². The van der Waals surface area contributed by atoms with Gasteiger partial charge in [0.15, 0.2) is 5.82 Å². The van der Waals surface area contributed by atoms with Crippen molar-refractivity contribution in [2.45, 2.75) is 59.4 Å². The maximum absolute atomic E-state index is 9.57. The van der Waals surface area contributed by atoms with E-state index in [9.17, 15) is 5.11 Å². The van der Waals surface area contributed by atoms with Crippen molar-refractivity contribution in [2.24, 2.45) is 0 Å². The molecule has 0 amide bonds. The van der Waals surface area contributed by atoms with Gasteiger partial charge in [-0.2, -0.15) is 0 Å². The average molecular weight is 384 g/mol. The van der Waals surface area contributed by atoms with Gasteiger partial charge in [-0.25, -0.2) is 15.0 Å². The van der Waals surface area contributed by atoms with Crippen molar-refractivity contribution in [1.82, 2.24) is 15.0 Å². The predicted molar refractivity (Wildman–Crippen MR) is 118 cm³/mol. The Balaban J connectivity index is 2.65. The third kappa shape index (κ3) is 4.68. The Labute approximate surface area is 168 Å². The van der Waals surface area contributed by atoms with E-state index in [1.54, 1.807) is 0 Å². The zero-order valence-electron chi connectivity index (χ0n) is 17.9. The number of nitrogens with zero attached hydrogens (tertiary/aromatic N) is 3. The van der Waals surface area contributed by atoms with Crippen molar-refractivity contribution in [3.8, 4) is 11.3 Å². The van der Waals surface area contributed by atoms with E-state index in [0.29, 0.717) is 17.4 Å². The van der Waals surface area contributed by atoms with Gasteiger partial charge in [0.2, 0.25) is 0 Å². The molecule has 152 valence electrons. The van der Waals surface area contributed by atoms with Crippen LogP contribution in [-0.2, 0) is 6.42 Å². The lowest BCUT2D eigenvalue weighted by atomic mass is 10.0. The number of hydrogen-bond acceptors (Lipinski definition) is 6. The SMILES string of the molecule is C=C(C)c1nc(-c2ccc(C(C)C)nc2NC)c(CC)nc1NC(CC)CO. The van der Waals surface area contributed by atoms with Crippen LogP contribution in [0.4, 0.5) is 11.6 Å². The normalized spacial score (nSPS) is 12.1. The fourth-order valence-corrected chi connectivity index (χ4v) is 2.98. The smallest absolute Gasteiger partial charge is 0.152 e. The van der Waals surface area contributed by atoms with E-state index in [4.69, 9.17) is 15.0 Å². The van der Waals surface area contributed by atoms with E-state index in [0.717, 1.165) is 46.9 Å². The van der Waals surface area contributed by atoms with Crippen molar-refractivity contribution in [3.63, 3.8) is 0 Å². The summed E-state index contributed by atoms with van der Waals surface area (Å²) in [6.07, 6.45) is 1.53. The molecule has 0 saturated carbocycles. The van der Waals surface area contributed by atoms with Gasteiger partial charge in [0, 0.05) is 18.3 Å². The molecule has 2 rings (SSSR count). The summed E-state index contributed by atoms with van der Waals surface area (Å²) < 4.78 is 0. The van der Waals surface area contributed by atoms with E-state index < -0.39 is 0 Å². The quantitative estimate of drug-likeness (QED) is 0.592. The molecule has 1 unspecified atom stereocenters. The van der Waals surface area contributed by atoms with Crippen molar-refractivity contribution in [2.75, 3.05) is 24.3 Å². The molecule has 0 aliphatic rings. The number of aryl methyl sites for hydroxylation is 1. The molecule has 2 aromatic rings. The van der Waals surface area contributed by atoms with E-state index in [1.807, 2.05) is 27.0 Å². The van der Waals surface area contributed by atoms with Gasteiger partial charge >= 0.3 is 0 Å². The summed E-state index contributed by atoms with van der Waals surface area (Å²) >= 11 is 0. The molecule has 0 aliphatic heterocycles. The minimum absolute atomic E-state index is 0.0432. The zero-order valence-corrected chi connectivity index (χ0v) is 17.9. The van der Waals surface area contributed by atoms with Crippen molar-refractivity contribution in [3.05, 3.63) is 35.8 Å². The maximum Gasteiger partial charge on any atom is 0.152 e. The van der Waals surface area contributed by atoms with Gasteiger partial charge in [-0.3, -0.25) is 0 Å². The Bertz CT molecular complexity index is 828. The first-order chi connectivity index (χ1) is 13.4. The molecule has 0 aliphatic carbocycles. The van der Waals surface area contributed by atoms with Crippen LogP contribution in [0.25, 0.3) is 16.8 Å². The van der Waals surface area contributed by atoms with E-state index in [1.165, 1.54) is 0 Å². The molecule has 6 nitrogen and oxygen atoms in total. The van der Waals surface area contributed by atoms with Crippen LogP contribution >= 0.6 is 0 Å². The highest BCUT2D eigenvalue weighted by molar-refractivity contribution is 5.78. The van der Waals surface area contributed by atoms with Gasteiger partial charge in [0.25, 0.3) is 0 Å². The summed E-state index contributed by atoms with van der Waals surface area (Å²) in [6, 6.07) is 4.05. The number of pyridine rings is 1. The van der Waals surface area contributed by atoms with Crippen molar-refractivity contribution in [1.29, 1.82) is 0 Å². The fraction of sp³-hybridized carbons (Fsp3) is 0.500. The molecule has 2 heterocycles. The Morgan fingerprint density at radius 1 is 1.14 bits per heavy atom. The number of aliphatic hydroxyl groups is 1. The molecule has 3 N–H and O–H groups in total. The van der Waals surface area contributed by atoms with E-state index >= 15 is 0 Å². The summed E-state index contributed by atoms with van der Waals surface area (Å²) in [6.45, 7) is 14.4. The molecule has 0 fully saturated rings. The first kappa shape index (κ1) is 21.8. The lowest BCUT2D eigenvalue weighted by Crippen LogP contribution is -2.24. The third-order valence-corrected chi connectivity index (χ3v) is 4.76. The molecule has 6 heteroatoms. The average Bonchev–Trinajstić information content (AvgIpc) is 2.70. The Kier molecular flexibility index (Phi) is 7.52. The minimum atomic E-state index is -0.0668. The van der Waals surface area contributed by atoms with Crippen molar-refractivity contribution < 1.29 is 5.11 Å². The summed E-state index contributed by atoms with van der Waals surface area (Å²) in [5.41, 5.74) is 5.20. The van der Waals surface area contributed by atoms with Crippen LogP contribution < -0.4 is 10.6 Å². The summed E-state index contributed by atoms with van der Waals surface area (Å²) in [5.74, 6) is 1.82. The molecular formula is C22H33N5O. The number of nitrogens with one attached hydrogen (secondary N) is 2. The van der Waals surface area contributed by atoms with E-state index in [-0.39, 0.29) is 12.6 Å². The van der Waals surface area contributed by atoms with Crippen LogP contribution in [0.1, 0.15) is 64.0 Å². The highest BCUT2D eigenvalue weighted by Gasteiger charge is 2.19. The lowest BCUT2D eigenvalue weighted by molar-refractivity contribution is 0.271. The number of allylic oxidation sites excluding steroid dienone is 1. The second-order valence-corrected chi connectivity index (χ2v) is 7.32. The van der Waals surface area contributed by atoms with Crippen LogP contribution in [0.2, 0.25) is 0 Å². The second kappa shape index (κ2) is 9.64. The molecular weight excluding hydrogens is 350 g/mol. The highest BCUT2D eigenvalue weighted by Crippen LogP contribution is 2.32. The van der Waals surface area contributed by atoms with Crippen LogP contribution in [0, 0.1) is 0 Å². The van der Waals surface area contributed by atoms with Crippen LogP contribution in [0.5, 0.6) is 0 Å². The van der Waals surface area contributed by atoms with Gasteiger partial charge in [0.1, 0.15) is 11.5 Å². The largest absolute Gasteiger partial charge is 0.394 e. The highest BCUT2D eigenvalue weighted by atomic mass is 16.3. The number of anilines is 2. The standard InChI is InChI=1S/C22H33N5O/c1-8-15(12-28)24-22-19(14(5)6)27-20(17(9-2)25-22)16-10-11-18(13(3)4)26-21(16)23-7/h10-11,13,15,28H,5,8-9,12H2,1-4,6-7H3,(H,23,26)(H,24,25). The van der Waals surface area contributed by atoms with Gasteiger partial charge in [0.05, 0.1) is 24.0 Å². The lowest BCUT2D eigenvalue weighted by Gasteiger charge is -2.20. The molecule has 0 spiro atoms. The molecule has 1 atom stereocenters. The molecule has 0 aromatic carbocycles. The summed E-state index contributed by atoms with van der Waals surface area (Å²) in [5, 5.41) is 16.1. The Hall–Kier alpha value is -2.47.